The minimum absolute atomic E-state index is 0.118. The molecule has 1 aromatic carbocycles. The van der Waals surface area contributed by atoms with Crippen LogP contribution < -0.4 is 4.74 Å². The maximum absolute atomic E-state index is 12.4. The minimum Gasteiger partial charge on any atom is -0.490 e. The zero-order valence-corrected chi connectivity index (χ0v) is 8.27. The van der Waals surface area contributed by atoms with Crippen LogP contribution in [0.15, 0.2) is 18.2 Å². The first kappa shape index (κ1) is 10.3. The van der Waals surface area contributed by atoms with E-state index >= 15 is 0 Å². The Morgan fingerprint density at radius 3 is 2.40 bits per heavy atom. The first-order valence-corrected chi connectivity index (χ1v) is 4.81. The lowest BCUT2D eigenvalue weighted by atomic mass is 10.1. The third-order valence-corrected chi connectivity index (χ3v) is 2.21. The van der Waals surface area contributed by atoms with E-state index in [-0.39, 0.29) is 6.10 Å². The average Bonchev–Trinajstić information content (AvgIpc) is 2.85. The molecule has 1 saturated carbocycles. The van der Waals surface area contributed by atoms with Gasteiger partial charge in [-0.2, -0.15) is 13.2 Å². The number of aryl methyl sites for hydroxylation is 1. The highest BCUT2D eigenvalue weighted by atomic mass is 19.4. The smallest absolute Gasteiger partial charge is 0.416 e. The third kappa shape index (κ3) is 2.64. The van der Waals surface area contributed by atoms with Crippen molar-refractivity contribution in [2.45, 2.75) is 32.0 Å². The number of alkyl halides is 3. The highest BCUT2D eigenvalue weighted by Crippen LogP contribution is 2.34. The first-order valence-electron chi connectivity index (χ1n) is 4.81. The standard InChI is InChI=1S/C11H11F3O/c1-7-4-8(11(12,13)14)6-10(5-7)15-9-2-3-9/h4-6,9H,2-3H2,1H3. The van der Waals surface area contributed by atoms with Crippen molar-refractivity contribution in [3.8, 4) is 5.75 Å². The van der Waals surface area contributed by atoms with Gasteiger partial charge in [0.25, 0.3) is 0 Å². The summed E-state index contributed by atoms with van der Waals surface area (Å²) >= 11 is 0. The Bertz CT molecular complexity index is 367. The van der Waals surface area contributed by atoms with E-state index in [2.05, 4.69) is 0 Å². The maximum Gasteiger partial charge on any atom is 0.416 e. The summed E-state index contributed by atoms with van der Waals surface area (Å²) in [5.41, 5.74) is -0.0707. The van der Waals surface area contributed by atoms with E-state index in [0.717, 1.165) is 25.0 Å². The lowest BCUT2D eigenvalue weighted by Gasteiger charge is -2.11. The molecule has 0 heterocycles. The molecule has 0 aliphatic heterocycles. The van der Waals surface area contributed by atoms with E-state index in [1.165, 1.54) is 0 Å². The predicted molar refractivity (Wildman–Crippen MR) is 49.8 cm³/mol. The van der Waals surface area contributed by atoms with Gasteiger partial charge in [0.05, 0.1) is 11.7 Å². The Labute approximate surface area is 85.9 Å². The molecule has 82 valence electrons. The predicted octanol–water partition coefficient (Wildman–Crippen LogP) is 3.56. The second-order valence-corrected chi connectivity index (χ2v) is 3.85. The second kappa shape index (κ2) is 3.43. The van der Waals surface area contributed by atoms with Gasteiger partial charge in [-0.1, -0.05) is 0 Å². The van der Waals surface area contributed by atoms with Gasteiger partial charge in [-0.25, -0.2) is 0 Å². The average molecular weight is 216 g/mol. The monoisotopic (exact) mass is 216 g/mol. The summed E-state index contributed by atoms with van der Waals surface area (Å²) in [6, 6.07) is 3.82. The second-order valence-electron chi connectivity index (χ2n) is 3.85. The van der Waals surface area contributed by atoms with Crippen LogP contribution in [-0.4, -0.2) is 6.10 Å². The zero-order valence-electron chi connectivity index (χ0n) is 8.27. The molecular formula is C11H11F3O. The molecule has 0 radical (unpaired) electrons. The van der Waals surface area contributed by atoms with Crippen LogP contribution in [0, 0.1) is 6.92 Å². The van der Waals surface area contributed by atoms with Gasteiger partial charge in [0, 0.05) is 0 Å². The summed E-state index contributed by atoms with van der Waals surface area (Å²) < 4.78 is 42.7. The van der Waals surface area contributed by atoms with Crippen LogP contribution in [0.25, 0.3) is 0 Å². The summed E-state index contributed by atoms with van der Waals surface area (Å²) in [5, 5.41) is 0. The summed E-state index contributed by atoms with van der Waals surface area (Å²) in [6.07, 6.45) is -2.30. The molecule has 0 amide bonds. The first-order chi connectivity index (χ1) is 6.95. The largest absolute Gasteiger partial charge is 0.490 e. The minimum atomic E-state index is -4.30. The van der Waals surface area contributed by atoms with Crippen LogP contribution >= 0.6 is 0 Å². The van der Waals surface area contributed by atoms with Crippen molar-refractivity contribution in [1.82, 2.24) is 0 Å². The van der Waals surface area contributed by atoms with E-state index in [1.807, 2.05) is 0 Å². The van der Waals surface area contributed by atoms with Gasteiger partial charge >= 0.3 is 6.18 Å². The summed E-state index contributed by atoms with van der Waals surface area (Å²) in [6.45, 7) is 1.63. The number of halogens is 3. The lowest BCUT2D eigenvalue weighted by Crippen LogP contribution is -2.06. The number of benzene rings is 1. The Hall–Kier alpha value is -1.19. The Balaban J connectivity index is 2.27. The van der Waals surface area contributed by atoms with Gasteiger partial charge in [0.15, 0.2) is 0 Å². The molecule has 1 fully saturated rings. The highest BCUT2D eigenvalue weighted by Gasteiger charge is 2.32. The zero-order chi connectivity index (χ0) is 11.1. The molecule has 15 heavy (non-hydrogen) atoms. The molecule has 1 nitrogen and oxygen atoms in total. The summed E-state index contributed by atoms with van der Waals surface area (Å²) in [7, 11) is 0. The van der Waals surface area contributed by atoms with E-state index in [9.17, 15) is 13.2 Å². The Morgan fingerprint density at radius 2 is 1.87 bits per heavy atom. The highest BCUT2D eigenvalue weighted by molar-refractivity contribution is 5.35. The van der Waals surface area contributed by atoms with Gasteiger partial charge in [0.2, 0.25) is 0 Å². The van der Waals surface area contributed by atoms with Crippen LogP contribution in [0.1, 0.15) is 24.0 Å². The van der Waals surface area contributed by atoms with E-state index in [1.54, 1.807) is 13.0 Å². The van der Waals surface area contributed by atoms with Gasteiger partial charge < -0.3 is 4.74 Å². The normalized spacial score (nSPS) is 16.5. The lowest BCUT2D eigenvalue weighted by molar-refractivity contribution is -0.137. The molecule has 0 saturated heterocycles. The van der Waals surface area contributed by atoms with E-state index in [4.69, 9.17) is 4.74 Å². The SMILES string of the molecule is Cc1cc(OC2CC2)cc(C(F)(F)F)c1. The van der Waals surface area contributed by atoms with Gasteiger partial charge in [-0.3, -0.25) is 0 Å². The molecule has 1 aromatic rings. The van der Waals surface area contributed by atoms with E-state index < -0.39 is 11.7 Å². The topological polar surface area (TPSA) is 9.23 Å². The summed E-state index contributed by atoms with van der Waals surface area (Å²) in [4.78, 5) is 0. The van der Waals surface area contributed by atoms with Crippen molar-refractivity contribution in [1.29, 1.82) is 0 Å². The molecule has 0 spiro atoms. The fraction of sp³-hybridized carbons (Fsp3) is 0.455. The molecule has 0 atom stereocenters. The summed E-state index contributed by atoms with van der Waals surface area (Å²) in [5.74, 6) is 0.324. The molecule has 0 aromatic heterocycles. The van der Waals surface area contributed by atoms with Crippen LogP contribution in [-0.2, 0) is 6.18 Å². The Morgan fingerprint density at radius 1 is 1.20 bits per heavy atom. The molecular weight excluding hydrogens is 205 g/mol. The van der Waals surface area contributed by atoms with Crippen LogP contribution in [0.2, 0.25) is 0 Å². The quantitative estimate of drug-likeness (QED) is 0.734. The van der Waals surface area contributed by atoms with E-state index in [0.29, 0.717) is 11.3 Å². The third-order valence-electron chi connectivity index (χ3n) is 2.21. The molecule has 0 unspecified atom stereocenters. The van der Waals surface area contributed by atoms with Crippen LogP contribution in [0.3, 0.4) is 0 Å². The van der Waals surface area contributed by atoms with Crippen molar-refractivity contribution in [3.05, 3.63) is 29.3 Å². The number of ether oxygens (including phenoxy) is 1. The van der Waals surface area contributed by atoms with Crippen molar-refractivity contribution >= 4 is 0 Å². The van der Waals surface area contributed by atoms with Crippen LogP contribution in [0.5, 0.6) is 5.75 Å². The number of rotatable bonds is 2. The molecule has 2 rings (SSSR count). The molecule has 1 aliphatic rings. The van der Waals surface area contributed by atoms with Crippen molar-refractivity contribution in [2.75, 3.05) is 0 Å². The van der Waals surface area contributed by atoms with Gasteiger partial charge in [-0.05, 0) is 43.5 Å². The van der Waals surface area contributed by atoms with Crippen molar-refractivity contribution in [2.24, 2.45) is 0 Å². The van der Waals surface area contributed by atoms with Gasteiger partial charge in [-0.15, -0.1) is 0 Å². The molecule has 4 heteroatoms. The molecule has 0 bridgehead atoms. The van der Waals surface area contributed by atoms with Gasteiger partial charge in [0.1, 0.15) is 5.75 Å². The maximum atomic E-state index is 12.4. The fourth-order valence-corrected chi connectivity index (χ4v) is 1.36. The number of hydrogen-bond acceptors (Lipinski definition) is 1. The number of hydrogen-bond donors (Lipinski definition) is 0. The molecule has 1 aliphatic carbocycles. The fourth-order valence-electron chi connectivity index (χ4n) is 1.36. The Kier molecular flexibility index (Phi) is 2.37. The van der Waals surface area contributed by atoms with Crippen LogP contribution in [0.4, 0.5) is 13.2 Å². The van der Waals surface area contributed by atoms with Crippen molar-refractivity contribution in [3.63, 3.8) is 0 Å². The van der Waals surface area contributed by atoms with Crippen molar-refractivity contribution < 1.29 is 17.9 Å². The molecule has 0 N–H and O–H groups in total.